The Morgan fingerprint density at radius 3 is 2.20 bits per heavy atom. The molecule has 2 unspecified atom stereocenters. The van der Waals surface area contributed by atoms with Crippen molar-refractivity contribution >= 4 is 34.3 Å². The Kier molecular flexibility index (Phi) is 7.36. The minimum Gasteiger partial charge on any atom is -0.299 e. The first-order valence-electron chi connectivity index (χ1n) is 14.7. The van der Waals surface area contributed by atoms with Crippen LogP contribution in [-0.2, 0) is 4.79 Å². The van der Waals surface area contributed by atoms with Crippen LogP contribution in [0.1, 0.15) is 81.5 Å². The fourth-order valence-electron chi connectivity index (χ4n) is 6.33. The van der Waals surface area contributed by atoms with E-state index >= 15 is 0 Å². The van der Waals surface area contributed by atoms with Gasteiger partial charge in [0.05, 0.1) is 27.7 Å². The van der Waals surface area contributed by atoms with E-state index in [9.17, 15) is 19.2 Å². The van der Waals surface area contributed by atoms with Gasteiger partial charge in [-0.25, -0.2) is 9.66 Å². The van der Waals surface area contributed by atoms with E-state index in [2.05, 4.69) is 35.0 Å². The number of para-hydroxylation sites is 1. The van der Waals surface area contributed by atoms with Gasteiger partial charge in [-0.2, -0.15) is 5.10 Å². The van der Waals surface area contributed by atoms with Crippen LogP contribution in [0.25, 0.3) is 10.9 Å². The first-order chi connectivity index (χ1) is 21.0. The number of benzene rings is 3. The van der Waals surface area contributed by atoms with E-state index < -0.39 is 35.4 Å². The van der Waals surface area contributed by atoms with Crippen LogP contribution in [0.4, 0.5) is 0 Å². The maximum atomic E-state index is 14.0. The molecule has 2 atom stereocenters. The van der Waals surface area contributed by atoms with Crippen molar-refractivity contribution in [2.24, 2.45) is 11.0 Å². The van der Waals surface area contributed by atoms with Crippen LogP contribution in [0.2, 0.25) is 0 Å². The first kappa shape index (κ1) is 29.0. The van der Waals surface area contributed by atoms with Crippen LogP contribution in [0.15, 0.2) is 70.6 Å². The molecule has 0 saturated carbocycles. The molecule has 6 rings (SSSR count). The molecule has 0 fully saturated rings. The minimum absolute atomic E-state index is 0.0329. The number of carbonyl (C=O) groups is 3. The van der Waals surface area contributed by atoms with E-state index in [4.69, 9.17) is 4.98 Å². The van der Waals surface area contributed by atoms with Gasteiger partial charge in [-0.05, 0) is 68.5 Å². The second-order valence-electron chi connectivity index (χ2n) is 12.0. The number of hydrogen-bond acceptors (Lipinski definition) is 7. The normalized spacial score (nSPS) is 16.7. The lowest BCUT2D eigenvalue weighted by Crippen LogP contribution is -2.51. The molecule has 0 aliphatic carbocycles. The SMILES string of the molecule is Cc1cc(C)c(C2=NNC(c3nc4ccccc4c(=O)n3NC(=O)C(CC(C)C)N3C(=O)c4ccccc4C3=O)C2)c(C)c1. The average Bonchev–Trinajstić information content (AvgIpc) is 3.55. The largest absolute Gasteiger partial charge is 0.299 e. The van der Waals surface area contributed by atoms with E-state index in [1.54, 1.807) is 48.5 Å². The summed E-state index contributed by atoms with van der Waals surface area (Å²) in [5, 5.41) is 4.95. The molecule has 44 heavy (non-hydrogen) atoms. The van der Waals surface area contributed by atoms with Gasteiger partial charge in [0, 0.05) is 12.0 Å². The first-order valence-corrected chi connectivity index (χ1v) is 14.7. The van der Waals surface area contributed by atoms with E-state index in [0.717, 1.165) is 37.5 Å². The molecule has 224 valence electrons. The number of amides is 3. The highest BCUT2D eigenvalue weighted by Crippen LogP contribution is 2.29. The summed E-state index contributed by atoms with van der Waals surface area (Å²) in [6.07, 6.45) is 0.641. The van der Waals surface area contributed by atoms with Gasteiger partial charge in [0.25, 0.3) is 23.3 Å². The number of carbonyl (C=O) groups excluding carboxylic acids is 3. The van der Waals surface area contributed by atoms with Crippen LogP contribution in [-0.4, -0.2) is 44.0 Å². The molecule has 0 spiro atoms. The van der Waals surface area contributed by atoms with Crippen molar-refractivity contribution in [2.75, 3.05) is 5.43 Å². The molecular weight excluding hydrogens is 556 g/mol. The number of aryl methyl sites for hydroxylation is 3. The minimum atomic E-state index is -1.14. The Morgan fingerprint density at radius 2 is 1.57 bits per heavy atom. The van der Waals surface area contributed by atoms with Gasteiger partial charge in [0.1, 0.15) is 12.1 Å². The molecule has 2 N–H and O–H groups in total. The number of aromatic nitrogens is 2. The number of fused-ring (bicyclic) bond motifs is 2. The predicted molar refractivity (Wildman–Crippen MR) is 168 cm³/mol. The monoisotopic (exact) mass is 590 g/mol. The molecular formula is C34H34N6O4. The lowest BCUT2D eigenvalue weighted by molar-refractivity contribution is -0.121. The summed E-state index contributed by atoms with van der Waals surface area (Å²) in [5.74, 6) is -1.48. The highest BCUT2D eigenvalue weighted by Gasteiger charge is 2.43. The van der Waals surface area contributed by atoms with Gasteiger partial charge >= 0.3 is 0 Å². The quantitative estimate of drug-likeness (QED) is 0.305. The number of hydrogen-bond donors (Lipinski definition) is 2. The van der Waals surface area contributed by atoms with Crippen LogP contribution in [0.5, 0.6) is 0 Å². The van der Waals surface area contributed by atoms with Gasteiger partial charge in [-0.15, -0.1) is 0 Å². The summed E-state index contributed by atoms with van der Waals surface area (Å²) < 4.78 is 1.14. The fourth-order valence-corrected chi connectivity index (χ4v) is 6.33. The Balaban J connectivity index is 1.38. The molecule has 3 amide bonds. The van der Waals surface area contributed by atoms with Gasteiger partial charge in [-0.3, -0.25) is 34.9 Å². The van der Waals surface area contributed by atoms with E-state index in [1.807, 2.05) is 27.7 Å². The fraction of sp³-hybridized carbons (Fsp3) is 0.294. The molecule has 0 saturated heterocycles. The Bertz CT molecular complexity index is 1880. The van der Waals surface area contributed by atoms with E-state index in [0.29, 0.717) is 17.3 Å². The Morgan fingerprint density at radius 1 is 0.955 bits per heavy atom. The van der Waals surface area contributed by atoms with E-state index in [1.165, 1.54) is 0 Å². The van der Waals surface area contributed by atoms with Crippen LogP contribution >= 0.6 is 0 Å². The van der Waals surface area contributed by atoms with Crippen molar-refractivity contribution in [3.05, 3.63) is 110 Å². The highest BCUT2D eigenvalue weighted by atomic mass is 16.2. The van der Waals surface area contributed by atoms with Crippen molar-refractivity contribution in [3.8, 4) is 0 Å². The highest BCUT2D eigenvalue weighted by molar-refractivity contribution is 6.23. The molecule has 2 aliphatic rings. The summed E-state index contributed by atoms with van der Waals surface area (Å²) in [5.41, 5.74) is 11.6. The summed E-state index contributed by atoms with van der Waals surface area (Å²) in [4.78, 5) is 60.5. The third kappa shape index (κ3) is 4.96. The summed E-state index contributed by atoms with van der Waals surface area (Å²) in [6, 6.07) is 16.0. The molecule has 4 aromatic rings. The number of rotatable bonds is 7. The molecule has 0 radical (unpaired) electrons. The van der Waals surface area contributed by atoms with Crippen LogP contribution in [0, 0.1) is 26.7 Å². The smallest absolute Gasteiger partial charge is 0.280 e. The predicted octanol–water partition coefficient (Wildman–Crippen LogP) is 4.54. The number of nitrogens with one attached hydrogen (secondary N) is 2. The third-order valence-electron chi connectivity index (χ3n) is 8.19. The van der Waals surface area contributed by atoms with Gasteiger partial charge in [0.2, 0.25) is 0 Å². The molecule has 10 nitrogen and oxygen atoms in total. The molecule has 3 heterocycles. The number of imide groups is 1. The molecule has 2 aliphatic heterocycles. The standard InChI is InChI=1S/C34H34N6O4/c1-18(2)14-28(39-32(42)22-10-6-7-11-23(22)33(39)43)31(41)38-40-30(35-25-13-9-8-12-24(25)34(40)44)27-17-26(36-37-27)29-20(4)15-19(3)16-21(29)5/h6-13,15-16,18,27-28,37H,14,17H2,1-5H3,(H,38,41). The molecule has 10 heteroatoms. The van der Waals surface area contributed by atoms with Crippen molar-refractivity contribution in [3.63, 3.8) is 0 Å². The maximum Gasteiger partial charge on any atom is 0.280 e. The molecule has 0 bridgehead atoms. The van der Waals surface area contributed by atoms with Crippen molar-refractivity contribution in [2.45, 2.75) is 59.5 Å². The number of nitrogens with zero attached hydrogens (tertiary/aromatic N) is 4. The van der Waals surface area contributed by atoms with Crippen LogP contribution in [0.3, 0.4) is 0 Å². The van der Waals surface area contributed by atoms with Crippen molar-refractivity contribution < 1.29 is 14.4 Å². The average molecular weight is 591 g/mol. The second-order valence-corrected chi connectivity index (χ2v) is 12.0. The Hall–Kier alpha value is -5.12. The van der Waals surface area contributed by atoms with Gasteiger partial charge in [0.15, 0.2) is 5.82 Å². The third-order valence-corrected chi connectivity index (χ3v) is 8.19. The summed E-state index contributed by atoms with van der Waals surface area (Å²) in [7, 11) is 0. The van der Waals surface area contributed by atoms with Gasteiger partial charge < -0.3 is 0 Å². The van der Waals surface area contributed by atoms with Crippen molar-refractivity contribution in [1.82, 2.24) is 20.0 Å². The zero-order chi connectivity index (χ0) is 31.3. The second kappa shape index (κ2) is 11.2. The lowest BCUT2D eigenvalue weighted by Gasteiger charge is -2.28. The summed E-state index contributed by atoms with van der Waals surface area (Å²) >= 11 is 0. The topological polar surface area (TPSA) is 126 Å². The van der Waals surface area contributed by atoms with E-state index in [-0.39, 0.29) is 29.3 Å². The zero-order valence-electron chi connectivity index (χ0n) is 25.3. The van der Waals surface area contributed by atoms with Gasteiger partial charge in [-0.1, -0.05) is 55.8 Å². The zero-order valence-corrected chi connectivity index (χ0v) is 25.3. The Labute approximate surface area is 254 Å². The number of hydrazone groups is 1. The van der Waals surface area contributed by atoms with Crippen molar-refractivity contribution in [1.29, 1.82) is 0 Å². The van der Waals surface area contributed by atoms with Crippen LogP contribution < -0.4 is 16.4 Å². The lowest BCUT2D eigenvalue weighted by atomic mass is 9.93. The molecule has 1 aromatic heterocycles. The molecule has 3 aromatic carbocycles. The summed E-state index contributed by atoms with van der Waals surface area (Å²) in [6.45, 7) is 9.96. The maximum absolute atomic E-state index is 14.0.